The SMILES string of the molecule is COc1ccc(N2C(=O)[C@@H]3[C@@H](CC(C)C)N[C@]4(c5ccccc5-n5c4nc4ccccc4c5=O)[C@H]3C2=O)cc1. The zero-order chi connectivity index (χ0) is 27.1. The van der Waals surface area contributed by atoms with E-state index in [0.29, 0.717) is 40.3 Å². The summed E-state index contributed by atoms with van der Waals surface area (Å²) < 4.78 is 6.91. The zero-order valence-corrected chi connectivity index (χ0v) is 21.9. The number of para-hydroxylation sites is 2. The summed E-state index contributed by atoms with van der Waals surface area (Å²) in [6.45, 7) is 4.22. The molecule has 0 saturated carbocycles. The van der Waals surface area contributed by atoms with E-state index < -0.39 is 17.4 Å². The molecule has 8 heteroatoms. The third-order valence-electron chi connectivity index (χ3n) is 8.42. The van der Waals surface area contributed by atoms with Gasteiger partial charge in [-0.05, 0) is 54.8 Å². The van der Waals surface area contributed by atoms with Gasteiger partial charge in [0.05, 0.1) is 41.2 Å². The number of rotatable bonds is 4. The maximum Gasteiger partial charge on any atom is 0.266 e. The van der Waals surface area contributed by atoms with Gasteiger partial charge in [-0.3, -0.25) is 24.3 Å². The summed E-state index contributed by atoms with van der Waals surface area (Å²) in [5, 5.41) is 4.25. The Morgan fingerprint density at radius 1 is 0.949 bits per heavy atom. The minimum Gasteiger partial charge on any atom is -0.497 e. The Hall–Kier alpha value is -4.30. The second kappa shape index (κ2) is 8.35. The first-order chi connectivity index (χ1) is 18.9. The molecule has 4 heterocycles. The number of aromatic nitrogens is 2. The minimum absolute atomic E-state index is 0.186. The Morgan fingerprint density at radius 3 is 2.41 bits per heavy atom. The molecule has 4 atom stereocenters. The molecule has 0 bridgehead atoms. The first-order valence-corrected chi connectivity index (χ1v) is 13.3. The highest BCUT2D eigenvalue weighted by molar-refractivity contribution is 6.23. The maximum absolute atomic E-state index is 14.4. The molecule has 8 nitrogen and oxygen atoms in total. The topological polar surface area (TPSA) is 93.5 Å². The highest BCUT2D eigenvalue weighted by Gasteiger charge is 2.69. The lowest BCUT2D eigenvalue weighted by atomic mass is 9.75. The van der Waals surface area contributed by atoms with Crippen molar-refractivity contribution in [2.45, 2.75) is 31.8 Å². The van der Waals surface area contributed by atoms with Crippen LogP contribution >= 0.6 is 0 Å². The lowest BCUT2D eigenvalue weighted by Gasteiger charge is -2.32. The number of nitrogens with one attached hydrogen (secondary N) is 1. The molecule has 39 heavy (non-hydrogen) atoms. The summed E-state index contributed by atoms with van der Waals surface area (Å²) in [6.07, 6.45) is 0.693. The van der Waals surface area contributed by atoms with Gasteiger partial charge in [0.1, 0.15) is 17.1 Å². The van der Waals surface area contributed by atoms with Crippen LogP contribution in [0.5, 0.6) is 5.75 Å². The van der Waals surface area contributed by atoms with Crippen molar-refractivity contribution in [2.75, 3.05) is 12.0 Å². The van der Waals surface area contributed by atoms with Gasteiger partial charge >= 0.3 is 0 Å². The van der Waals surface area contributed by atoms with Gasteiger partial charge in [-0.2, -0.15) is 0 Å². The fraction of sp³-hybridized carbons (Fsp3) is 0.290. The highest BCUT2D eigenvalue weighted by Crippen LogP contribution is 2.56. The van der Waals surface area contributed by atoms with Crippen LogP contribution < -0.4 is 20.5 Å². The van der Waals surface area contributed by atoms with Gasteiger partial charge in [0.2, 0.25) is 11.8 Å². The number of methoxy groups -OCH3 is 1. The molecule has 0 radical (unpaired) electrons. The first kappa shape index (κ1) is 23.8. The van der Waals surface area contributed by atoms with Gasteiger partial charge < -0.3 is 4.74 Å². The van der Waals surface area contributed by atoms with E-state index in [4.69, 9.17) is 9.72 Å². The van der Waals surface area contributed by atoms with E-state index >= 15 is 0 Å². The van der Waals surface area contributed by atoms with Crippen molar-refractivity contribution in [3.63, 3.8) is 0 Å². The van der Waals surface area contributed by atoms with Crippen molar-refractivity contribution in [3.05, 3.63) is 94.5 Å². The van der Waals surface area contributed by atoms with Crippen LogP contribution in [0.25, 0.3) is 16.6 Å². The highest BCUT2D eigenvalue weighted by atomic mass is 16.5. The van der Waals surface area contributed by atoms with Crippen LogP contribution in [0.2, 0.25) is 0 Å². The van der Waals surface area contributed by atoms with Crippen LogP contribution in [0.4, 0.5) is 5.69 Å². The number of anilines is 1. The normalized spacial score (nSPS) is 25.0. The second-order valence-corrected chi connectivity index (χ2v) is 11.0. The zero-order valence-electron chi connectivity index (χ0n) is 21.9. The summed E-state index contributed by atoms with van der Waals surface area (Å²) in [5.41, 5.74) is 1.25. The van der Waals surface area contributed by atoms with E-state index in [-0.39, 0.29) is 29.3 Å². The van der Waals surface area contributed by atoms with E-state index in [1.807, 2.05) is 42.5 Å². The van der Waals surface area contributed by atoms with Gasteiger partial charge in [-0.1, -0.05) is 44.2 Å². The number of benzene rings is 3. The number of hydrogen-bond acceptors (Lipinski definition) is 6. The van der Waals surface area contributed by atoms with Crippen molar-refractivity contribution in [2.24, 2.45) is 17.8 Å². The fourth-order valence-corrected chi connectivity index (χ4v) is 6.92. The summed E-state index contributed by atoms with van der Waals surface area (Å²) in [6, 6.07) is 21.6. The molecule has 1 aromatic heterocycles. The molecule has 0 unspecified atom stereocenters. The molecule has 0 aliphatic carbocycles. The fourth-order valence-electron chi connectivity index (χ4n) is 6.92. The van der Waals surface area contributed by atoms with Gasteiger partial charge in [0.15, 0.2) is 0 Å². The first-order valence-electron chi connectivity index (χ1n) is 13.3. The minimum atomic E-state index is -1.13. The Labute approximate surface area is 225 Å². The Balaban J connectivity index is 1.49. The van der Waals surface area contributed by atoms with E-state index in [1.165, 1.54) is 4.90 Å². The third-order valence-corrected chi connectivity index (χ3v) is 8.42. The Kier molecular flexibility index (Phi) is 5.09. The van der Waals surface area contributed by atoms with Crippen molar-refractivity contribution in [1.29, 1.82) is 0 Å². The molecule has 1 N–H and O–H groups in total. The molecule has 1 spiro atoms. The molecule has 196 valence electrons. The standard InChI is InChI=1S/C31H28N4O4/c1-17(2)16-23-25-26(29(38)34(28(25)37)18-12-14-19(39-3)15-13-18)31(33-23)21-9-5-7-11-24(21)35-27(36)20-8-4-6-10-22(20)32-30(31)35/h4-15,17,23,25-26,33H,16H2,1-3H3/t23-,25-,26-,31-/m1/s1. The Morgan fingerprint density at radius 2 is 1.67 bits per heavy atom. The van der Waals surface area contributed by atoms with Crippen molar-refractivity contribution in [3.8, 4) is 11.4 Å². The number of fused-ring (bicyclic) bond motifs is 8. The molecule has 3 aliphatic rings. The van der Waals surface area contributed by atoms with Crippen LogP contribution in [0.1, 0.15) is 31.7 Å². The molecule has 2 saturated heterocycles. The van der Waals surface area contributed by atoms with Crippen LogP contribution in [-0.2, 0) is 15.1 Å². The van der Waals surface area contributed by atoms with Crippen molar-refractivity contribution >= 4 is 28.4 Å². The predicted molar refractivity (Wildman–Crippen MR) is 147 cm³/mol. The molecule has 4 aromatic rings. The summed E-state index contributed by atoms with van der Waals surface area (Å²) >= 11 is 0. The van der Waals surface area contributed by atoms with Crippen LogP contribution in [0, 0.1) is 17.8 Å². The van der Waals surface area contributed by atoms with E-state index in [1.54, 1.807) is 42.0 Å². The molecule has 7 rings (SSSR count). The number of carbonyl (C=O) groups is 2. The lowest BCUT2D eigenvalue weighted by molar-refractivity contribution is -0.123. The second-order valence-electron chi connectivity index (χ2n) is 11.0. The predicted octanol–water partition coefficient (Wildman–Crippen LogP) is 3.78. The number of imide groups is 1. The number of hydrogen-bond donors (Lipinski definition) is 1. The number of ether oxygens (including phenoxy) is 1. The molecular weight excluding hydrogens is 492 g/mol. The summed E-state index contributed by atoms with van der Waals surface area (Å²) in [4.78, 5) is 48.8. The van der Waals surface area contributed by atoms with E-state index in [0.717, 1.165) is 5.56 Å². The summed E-state index contributed by atoms with van der Waals surface area (Å²) in [7, 11) is 1.57. The lowest BCUT2D eigenvalue weighted by Crippen LogP contribution is -2.50. The van der Waals surface area contributed by atoms with Crippen LogP contribution in [0.3, 0.4) is 0 Å². The summed E-state index contributed by atoms with van der Waals surface area (Å²) in [5.74, 6) is -0.512. The monoisotopic (exact) mass is 520 g/mol. The molecule has 3 aromatic carbocycles. The number of amides is 2. The molecule has 3 aliphatic heterocycles. The van der Waals surface area contributed by atoms with Gasteiger partial charge in [-0.25, -0.2) is 9.88 Å². The molecule has 2 amide bonds. The van der Waals surface area contributed by atoms with Gasteiger partial charge in [0.25, 0.3) is 5.56 Å². The third kappa shape index (κ3) is 3.09. The average molecular weight is 521 g/mol. The largest absolute Gasteiger partial charge is 0.497 e. The Bertz CT molecular complexity index is 1730. The van der Waals surface area contributed by atoms with Gasteiger partial charge in [0, 0.05) is 11.6 Å². The van der Waals surface area contributed by atoms with E-state index in [2.05, 4.69) is 19.2 Å². The smallest absolute Gasteiger partial charge is 0.266 e. The van der Waals surface area contributed by atoms with Crippen molar-refractivity contribution < 1.29 is 14.3 Å². The molecule has 2 fully saturated rings. The van der Waals surface area contributed by atoms with Gasteiger partial charge in [-0.15, -0.1) is 0 Å². The number of carbonyl (C=O) groups excluding carboxylic acids is 2. The quantitative estimate of drug-likeness (QED) is 0.412. The van der Waals surface area contributed by atoms with E-state index in [9.17, 15) is 14.4 Å². The average Bonchev–Trinajstić information content (AvgIpc) is 3.51. The van der Waals surface area contributed by atoms with Crippen LogP contribution in [0.15, 0.2) is 77.6 Å². The van der Waals surface area contributed by atoms with Crippen molar-refractivity contribution in [1.82, 2.24) is 14.9 Å². The maximum atomic E-state index is 14.4. The molecular formula is C31H28N4O4. The van der Waals surface area contributed by atoms with Crippen LogP contribution in [-0.4, -0.2) is 34.5 Å². The number of nitrogens with zero attached hydrogens (tertiary/aromatic N) is 3.